The molecule has 1 atom stereocenters. The summed E-state index contributed by atoms with van der Waals surface area (Å²) in [5.41, 5.74) is 4.90. The van der Waals surface area contributed by atoms with Gasteiger partial charge in [-0.2, -0.15) is 0 Å². The lowest BCUT2D eigenvalue weighted by molar-refractivity contribution is -0.116. The van der Waals surface area contributed by atoms with E-state index in [0.717, 1.165) is 25.8 Å². The number of carboxylic acid groups (broad SMARTS) is 1. The molecule has 180 valence electrons. The topological polar surface area (TPSA) is 105 Å². The molecular formula is C27H25IN2O5. The molecule has 0 fully saturated rings. The molecule has 3 N–H and O–H groups in total. The molecule has 35 heavy (non-hydrogen) atoms. The summed E-state index contributed by atoms with van der Waals surface area (Å²) in [6.45, 7) is 2.30. The maximum atomic E-state index is 12.4. The van der Waals surface area contributed by atoms with E-state index in [4.69, 9.17) is 4.74 Å². The number of hydrogen-bond acceptors (Lipinski definition) is 4. The minimum Gasteiger partial charge on any atom is -0.478 e. The maximum Gasteiger partial charge on any atom is 0.407 e. The number of carboxylic acids is 1. The van der Waals surface area contributed by atoms with E-state index in [0.29, 0.717) is 0 Å². The standard InChI is InChI=1S/C27H25IN2O5/c1-16(12-25(31)30-24-11-10-17(28)13-22(24)26(32)33)14-29-27(34)35-15-23-20-8-4-2-6-18(20)19-7-3-5-9-21(19)23/h2-11,13,16,23H,12,14-15H2,1H3,(H,29,34)(H,30,31)(H,32,33). The van der Waals surface area contributed by atoms with Gasteiger partial charge in [-0.15, -0.1) is 0 Å². The van der Waals surface area contributed by atoms with Crippen molar-refractivity contribution >= 4 is 46.2 Å². The molecule has 0 spiro atoms. The lowest BCUT2D eigenvalue weighted by atomic mass is 9.98. The Kier molecular flexibility index (Phi) is 7.70. The molecule has 8 heteroatoms. The van der Waals surface area contributed by atoms with E-state index in [-0.39, 0.29) is 48.6 Å². The number of hydrogen-bond donors (Lipinski definition) is 3. The quantitative estimate of drug-likeness (QED) is 0.304. The Morgan fingerprint density at radius 3 is 2.26 bits per heavy atom. The highest BCUT2D eigenvalue weighted by Gasteiger charge is 2.29. The normalized spacial score (nSPS) is 12.9. The largest absolute Gasteiger partial charge is 0.478 e. The van der Waals surface area contributed by atoms with Crippen LogP contribution in [0.1, 0.15) is 40.7 Å². The highest BCUT2D eigenvalue weighted by molar-refractivity contribution is 14.1. The fourth-order valence-electron chi connectivity index (χ4n) is 4.30. The molecule has 3 aromatic rings. The van der Waals surface area contributed by atoms with Crippen LogP contribution in [-0.2, 0) is 9.53 Å². The van der Waals surface area contributed by atoms with Crippen LogP contribution in [0.15, 0.2) is 66.7 Å². The fourth-order valence-corrected chi connectivity index (χ4v) is 4.79. The van der Waals surface area contributed by atoms with Crippen LogP contribution in [0.2, 0.25) is 0 Å². The zero-order valence-corrected chi connectivity index (χ0v) is 21.2. The lowest BCUT2D eigenvalue weighted by Gasteiger charge is -2.16. The number of aromatic carboxylic acids is 1. The van der Waals surface area contributed by atoms with Crippen LogP contribution in [-0.4, -0.2) is 36.2 Å². The van der Waals surface area contributed by atoms with Crippen LogP contribution < -0.4 is 10.6 Å². The van der Waals surface area contributed by atoms with Gasteiger partial charge in [-0.05, 0) is 69.0 Å². The van der Waals surface area contributed by atoms with Gasteiger partial charge in [0.25, 0.3) is 0 Å². The number of anilines is 1. The van der Waals surface area contributed by atoms with Crippen molar-refractivity contribution in [1.82, 2.24) is 5.32 Å². The van der Waals surface area contributed by atoms with E-state index < -0.39 is 12.1 Å². The zero-order valence-electron chi connectivity index (χ0n) is 19.1. The molecular weight excluding hydrogens is 559 g/mol. The monoisotopic (exact) mass is 584 g/mol. The van der Waals surface area contributed by atoms with E-state index in [1.807, 2.05) is 53.8 Å². The fraction of sp³-hybridized carbons (Fsp3) is 0.222. The van der Waals surface area contributed by atoms with Crippen LogP contribution in [0.5, 0.6) is 0 Å². The predicted octanol–water partition coefficient (Wildman–Crippen LogP) is 5.49. The number of fused-ring (bicyclic) bond motifs is 3. The third-order valence-corrected chi connectivity index (χ3v) is 6.63. The smallest absolute Gasteiger partial charge is 0.407 e. The van der Waals surface area contributed by atoms with Gasteiger partial charge in [0.1, 0.15) is 6.61 Å². The molecule has 0 saturated carbocycles. The van der Waals surface area contributed by atoms with E-state index in [2.05, 4.69) is 34.9 Å². The van der Waals surface area contributed by atoms with Crippen LogP contribution in [0.25, 0.3) is 11.1 Å². The second-order valence-corrected chi connectivity index (χ2v) is 9.80. The Bertz CT molecular complexity index is 1230. The summed E-state index contributed by atoms with van der Waals surface area (Å²) in [6.07, 6.45) is -0.417. The lowest BCUT2D eigenvalue weighted by Crippen LogP contribution is -2.31. The molecule has 0 bridgehead atoms. The van der Waals surface area contributed by atoms with Crippen LogP contribution in [0, 0.1) is 9.49 Å². The van der Waals surface area contributed by atoms with E-state index >= 15 is 0 Å². The minimum absolute atomic E-state index is 0.0197. The van der Waals surface area contributed by atoms with Gasteiger partial charge in [-0.25, -0.2) is 9.59 Å². The van der Waals surface area contributed by atoms with Crippen molar-refractivity contribution in [3.8, 4) is 11.1 Å². The third kappa shape index (κ3) is 5.82. The highest BCUT2D eigenvalue weighted by atomic mass is 127. The van der Waals surface area contributed by atoms with Crippen molar-refractivity contribution < 1.29 is 24.2 Å². The molecule has 4 rings (SSSR count). The Morgan fingerprint density at radius 2 is 1.63 bits per heavy atom. The predicted molar refractivity (Wildman–Crippen MR) is 142 cm³/mol. The summed E-state index contributed by atoms with van der Waals surface area (Å²) in [7, 11) is 0. The molecule has 3 aromatic carbocycles. The Labute approximate surface area is 217 Å². The van der Waals surface area contributed by atoms with Crippen LogP contribution in [0.4, 0.5) is 10.5 Å². The summed E-state index contributed by atoms with van der Waals surface area (Å²) < 4.78 is 6.29. The first-order chi connectivity index (χ1) is 16.8. The van der Waals surface area contributed by atoms with Gasteiger partial charge in [0.2, 0.25) is 5.91 Å². The van der Waals surface area contributed by atoms with Gasteiger partial charge in [-0.1, -0.05) is 55.5 Å². The average molecular weight is 584 g/mol. The summed E-state index contributed by atoms with van der Waals surface area (Å²) in [6, 6.07) is 21.1. The molecule has 1 aliphatic carbocycles. The number of halogens is 1. The summed E-state index contributed by atoms with van der Waals surface area (Å²) in [5, 5.41) is 14.7. The second kappa shape index (κ2) is 10.9. The van der Waals surface area contributed by atoms with Crippen LogP contribution in [0.3, 0.4) is 0 Å². The Morgan fingerprint density at radius 1 is 1.00 bits per heavy atom. The van der Waals surface area contributed by atoms with E-state index in [9.17, 15) is 19.5 Å². The number of ether oxygens (including phenoxy) is 1. The number of alkyl carbamates (subject to hydrolysis) is 1. The van der Waals surface area contributed by atoms with Gasteiger partial charge in [0, 0.05) is 22.5 Å². The molecule has 2 amide bonds. The number of nitrogens with one attached hydrogen (secondary N) is 2. The number of amides is 2. The SMILES string of the molecule is CC(CNC(=O)OCC1c2ccccc2-c2ccccc21)CC(=O)Nc1ccc(I)cc1C(=O)O. The summed E-state index contributed by atoms with van der Waals surface area (Å²) >= 11 is 2.02. The maximum absolute atomic E-state index is 12.4. The van der Waals surface area contributed by atoms with Gasteiger partial charge in [0.15, 0.2) is 0 Å². The Balaban J connectivity index is 1.27. The summed E-state index contributed by atoms with van der Waals surface area (Å²) in [5.74, 6) is -1.62. The van der Waals surface area contributed by atoms with Crippen molar-refractivity contribution in [1.29, 1.82) is 0 Å². The molecule has 1 aliphatic rings. The Hall–Kier alpha value is -3.40. The molecule has 0 saturated heterocycles. The minimum atomic E-state index is -1.11. The van der Waals surface area contributed by atoms with E-state index in [1.165, 1.54) is 6.07 Å². The van der Waals surface area contributed by atoms with Crippen molar-refractivity contribution in [2.75, 3.05) is 18.5 Å². The number of benzene rings is 3. The molecule has 0 aliphatic heterocycles. The number of rotatable bonds is 8. The van der Waals surface area contributed by atoms with Crippen molar-refractivity contribution in [3.63, 3.8) is 0 Å². The van der Waals surface area contributed by atoms with Gasteiger partial charge < -0.3 is 20.5 Å². The molecule has 0 aromatic heterocycles. The average Bonchev–Trinajstić information content (AvgIpc) is 3.16. The second-order valence-electron chi connectivity index (χ2n) is 8.56. The number of carbonyl (C=O) groups is 3. The van der Waals surface area contributed by atoms with Crippen molar-refractivity contribution in [2.45, 2.75) is 19.3 Å². The molecule has 0 heterocycles. The first kappa shape index (κ1) is 24.7. The van der Waals surface area contributed by atoms with Gasteiger partial charge in [-0.3, -0.25) is 4.79 Å². The zero-order chi connectivity index (χ0) is 24.9. The number of carbonyl (C=O) groups excluding carboxylic acids is 2. The molecule has 7 nitrogen and oxygen atoms in total. The first-order valence-electron chi connectivity index (χ1n) is 11.2. The molecule has 1 unspecified atom stereocenters. The summed E-state index contributed by atoms with van der Waals surface area (Å²) in [4.78, 5) is 36.2. The van der Waals surface area contributed by atoms with E-state index in [1.54, 1.807) is 12.1 Å². The van der Waals surface area contributed by atoms with Crippen LogP contribution >= 0.6 is 22.6 Å². The van der Waals surface area contributed by atoms with Crippen molar-refractivity contribution in [2.24, 2.45) is 5.92 Å². The third-order valence-electron chi connectivity index (χ3n) is 5.96. The first-order valence-corrected chi connectivity index (χ1v) is 12.3. The van der Waals surface area contributed by atoms with Gasteiger partial charge >= 0.3 is 12.1 Å². The van der Waals surface area contributed by atoms with Gasteiger partial charge in [0.05, 0.1) is 11.3 Å². The highest BCUT2D eigenvalue weighted by Crippen LogP contribution is 2.44. The molecule has 0 radical (unpaired) electrons. The van der Waals surface area contributed by atoms with Crippen molar-refractivity contribution in [3.05, 3.63) is 87.0 Å².